The molecule has 0 spiro atoms. The van der Waals surface area contributed by atoms with Crippen LogP contribution in [0.4, 0.5) is 0 Å². The van der Waals surface area contributed by atoms with Crippen LogP contribution in [0.3, 0.4) is 0 Å². The number of carboxylic acid groups (broad SMARTS) is 1. The minimum atomic E-state index is -0.669. The second-order valence-corrected chi connectivity index (χ2v) is 5.30. The van der Waals surface area contributed by atoms with Crippen LogP contribution >= 0.6 is 0 Å². The Bertz CT molecular complexity index is 418. The van der Waals surface area contributed by atoms with Crippen molar-refractivity contribution in [3.8, 4) is 0 Å². The molecule has 1 saturated heterocycles. The van der Waals surface area contributed by atoms with Gasteiger partial charge in [-0.2, -0.15) is 0 Å². The summed E-state index contributed by atoms with van der Waals surface area (Å²) in [5.74, 6) is -0.914. The van der Waals surface area contributed by atoms with E-state index in [1.54, 1.807) is 0 Å². The molecule has 0 amide bonds. The summed E-state index contributed by atoms with van der Waals surface area (Å²) in [4.78, 5) is 13.6. The van der Waals surface area contributed by atoms with Crippen molar-refractivity contribution >= 4 is 5.97 Å². The molecule has 1 heterocycles. The Morgan fingerprint density at radius 3 is 2.44 bits per heavy atom. The van der Waals surface area contributed by atoms with E-state index in [0.29, 0.717) is 6.04 Å². The molecule has 0 aliphatic carbocycles. The van der Waals surface area contributed by atoms with Crippen molar-refractivity contribution in [3.63, 3.8) is 0 Å². The highest BCUT2D eigenvalue weighted by molar-refractivity contribution is 5.71. The lowest BCUT2D eigenvalue weighted by Crippen LogP contribution is -2.37. The zero-order valence-corrected chi connectivity index (χ0v) is 11.2. The first-order valence-electron chi connectivity index (χ1n) is 6.57. The van der Waals surface area contributed by atoms with E-state index < -0.39 is 5.97 Å². The van der Waals surface area contributed by atoms with E-state index in [2.05, 4.69) is 30.9 Å². The van der Waals surface area contributed by atoms with E-state index in [0.717, 1.165) is 6.42 Å². The van der Waals surface area contributed by atoms with Gasteiger partial charge in [-0.15, -0.1) is 0 Å². The lowest BCUT2D eigenvalue weighted by Gasteiger charge is -2.33. The number of hydrogen-bond donors (Lipinski definition) is 1. The summed E-state index contributed by atoms with van der Waals surface area (Å²) in [7, 11) is 0. The minimum absolute atomic E-state index is 0.0905. The number of hydrogen-bond acceptors (Lipinski definition) is 2. The highest BCUT2D eigenvalue weighted by atomic mass is 16.4. The van der Waals surface area contributed by atoms with Crippen LogP contribution in [0.1, 0.15) is 38.8 Å². The first kappa shape index (κ1) is 13.1. The predicted octanol–water partition coefficient (Wildman–Crippen LogP) is 2.93. The predicted molar refractivity (Wildman–Crippen MR) is 71.4 cm³/mol. The third kappa shape index (κ3) is 2.27. The maximum absolute atomic E-state index is 11.2. The molecule has 3 nitrogen and oxygen atoms in total. The number of rotatable bonds is 3. The summed E-state index contributed by atoms with van der Waals surface area (Å²) < 4.78 is 0. The highest BCUT2D eigenvalue weighted by Crippen LogP contribution is 2.36. The molecule has 3 heteroatoms. The van der Waals surface area contributed by atoms with Crippen LogP contribution in [0.2, 0.25) is 0 Å². The third-order valence-electron chi connectivity index (χ3n) is 4.20. The van der Waals surface area contributed by atoms with Crippen molar-refractivity contribution in [1.82, 2.24) is 4.90 Å². The SMILES string of the molecule is CC(c1ccccc1)N1[C@H](C)[C@H](C(=O)O)C[C@@H]1C. The Morgan fingerprint density at radius 2 is 1.94 bits per heavy atom. The first-order valence-corrected chi connectivity index (χ1v) is 6.57. The Balaban J connectivity index is 2.20. The van der Waals surface area contributed by atoms with Crippen LogP contribution in [0.25, 0.3) is 0 Å². The summed E-state index contributed by atoms with van der Waals surface area (Å²) in [5, 5.41) is 9.24. The van der Waals surface area contributed by atoms with Gasteiger partial charge in [-0.3, -0.25) is 9.69 Å². The Morgan fingerprint density at radius 1 is 1.33 bits per heavy atom. The molecule has 1 aliphatic rings. The van der Waals surface area contributed by atoms with Crippen molar-refractivity contribution < 1.29 is 9.90 Å². The molecule has 4 atom stereocenters. The van der Waals surface area contributed by atoms with Gasteiger partial charge in [0.05, 0.1) is 5.92 Å². The summed E-state index contributed by atoms with van der Waals surface area (Å²) in [6.07, 6.45) is 0.744. The third-order valence-corrected chi connectivity index (χ3v) is 4.20. The molecule has 0 saturated carbocycles. The number of nitrogens with zero attached hydrogens (tertiary/aromatic N) is 1. The van der Waals surface area contributed by atoms with Crippen molar-refractivity contribution in [2.45, 2.75) is 45.3 Å². The quantitative estimate of drug-likeness (QED) is 0.892. The molecular formula is C15H21NO2. The average Bonchev–Trinajstić information content (AvgIpc) is 2.65. The minimum Gasteiger partial charge on any atom is -0.481 e. The number of likely N-dealkylation sites (tertiary alicyclic amines) is 1. The van der Waals surface area contributed by atoms with Crippen LogP contribution in [-0.2, 0) is 4.79 Å². The summed E-state index contributed by atoms with van der Waals surface area (Å²) in [6, 6.07) is 11.0. The van der Waals surface area contributed by atoms with Gasteiger partial charge in [-0.05, 0) is 32.8 Å². The molecule has 1 N–H and O–H groups in total. The van der Waals surface area contributed by atoms with E-state index >= 15 is 0 Å². The molecule has 1 fully saturated rings. The molecule has 0 radical (unpaired) electrons. The van der Waals surface area contributed by atoms with Gasteiger partial charge in [-0.25, -0.2) is 0 Å². The zero-order chi connectivity index (χ0) is 13.3. The molecule has 98 valence electrons. The largest absolute Gasteiger partial charge is 0.481 e. The van der Waals surface area contributed by atoms with Crippen LogP contribution in [0.5, 0.6) is 0 Å². The van der Waals surface area contributed by atoms with Gasteiger partial charge in [0.2, 0.25) is 0 Å². The normalized spacial score (nSPS) is 30.3. The van der Waals surface area contributed by atoms with E-state index in [1.807, 2.05) is 25.1 Å². The average molecular weight is 247 g/mol. The summed E-state index contributed by atoms with van der Waals surface area (Å²) in [6.45, 7) is 6.31. The van der Waals surface area contributed by atoms with Crippen molar-refractivity contribution in [2.75, 3.05) is 0 Å². The Hall–Kier alpha value is -1.35. The van der Waals surface area contributed by atoms with Crippen LogP contribution in [0.15, 0.2) is 30.3 Å². The van der Waals surface area contributed by atoms with E-state index in [1.165, 1.54) is 5.56 Å². The van der Waals surface area contributed by atoms with Crippen molar-refractivity contribution in [3.05, 3.63) is 35.9 Å². The van der Waals surface area contributed by atoms with Gasteiger partial charge >= 0.3 is 5.97 Å². The van der Waals surface area contributed by atoms with E-state index in [-0.39, 0.29) is 18.0 Å². The fourth-order valence-electron chi connectivity index (χ4n) is 3.24. The maximum atomic E-state index is 11.2. The lowest BCUT2D eigenvalue weighted by molar-refractivity contribution is -0.142. The van der Waals surface area contributed by atoms with Gasteiger partial charge in [0.15, 0.2) is 0 Å². The fraction of sp³-hybridized carbons (Fsp3) is 0.533. The fourth-order valence-corrected chi connectivity index (χ4v) is 3.24. The Labute approximate surface area is 108 Å². The van der Waals surface area contributed by atoms with Gasteiger partial charge < -0.3 is 5.11 Å². The molecule has 0 aromatic heterocycles. The molecular weight excluding hydrogens is 226 g/mol. The zero-order valence-electron chi connectivity index (χ0n) is 11.2. The molecule has 1 aromatic rings. The molecule has 2 rings (SSSR count). The van der Waals surface area contributed by atoms with E-state index in [9.17, 15) is 9.90 Å². The lowest BCUT2D eigenvalue weighted by atomic mass is 10.0. The number of carbonyl (C=O) groups is 1. The number of benzene rings is 1. The maximum Gasteiger partial charge on any atom is 0.308 e. The standard InChI is InChI=1S/C15H21NO2/c1-10-9-14(15(17)18)12(3)16(10)11(2)13-7-5-4-6-8-13/h4-8,10-12,14H,9H2,1-3H3,(H,17,18)/t10-,11?,12+,14+/m0/s1. The van der Waals surface area contributed by atoms with Crippen molar-refractivity contribution in [1.29, 1.82) is 0 Å². The second-order valence-electron chi connectivity index (χ2n) is 5.30. The molecule has 1 aliphatic heterocycles. The Kier molecular flexibility index (Phi) is 3.71. The molecule has 18 heavy (non-hydrogen) atoms. The van der Waals surface area contributed by atoms with Crippen LogP contribution < -0.4 is 0 Å². The van der Waals surface area contributed by atoms with Crippen LogP contribution in [0, 0.1) is 5.92 Å². The van der Waals surface area contributed by atoms with Gasteiger partial charge in [0.1, 0.15) is 0 Å². The summed E-state index contributed by atoms with van der Waals surface area (Å²) >= 11 is 0. The number of aliphatic carboxylic acids is 1. The molecule has 1 unspecified atom stereocenters. The van der Waals surface area contributed by atoms with E-state index in [4.69, 9.17) is 0 Å². The van der Waals surface area contributed by atoms with Crippen LogP contribution in [-0.4, -0.2) is 28.1 Å². The van der Waals surface area contributed by atoms with Gasteiger partial charge in [0.25, 0.3) is 0 Å². The first-order chi connectivity index (χ1) is 8.52. The molecule has 1 aromatic carbocycles. The monoisotopic (exact) mass is 247 g/mol. The van der Waals surface area contributed by atoms with Gasteiger partial charge in [0, 0.05) is 18.1 Å². The molecule has 0 bridgehead atoms. The topological polar surface area (TPSA) is 40.5 Å². The highest BCUT2D eigenvalue weighted by Gasteiger charge is 2.42. The summed E-state index contributed by atoms with van der Waals surface area (Å²) in [5.41, 5.74) is 1.25. The second kappa shape index (κ2) is 5.11. The smallest absolute Gasteiger partial charge is 0.308 e. The van der Waals surface area contributed by atoms with Crippen molar-refractivity contribution in [2.24, 2.45) is 5.92 Å². The van der Waals surface area contributed by atoms with Gasteiger partial charge in [-0.1, -0.05) is 30.3 Å². The number of carboxylic acids is 1.